The number of carbonyl (C=O) groups excluding carboxylic acids is 2. The van der Waals surface area contributed by atoms with Gasteiger partial charge in [-0.25, -0.2) is 4.98 Å². The molecule has 1 aliphatic carbocycles. The smallest absolute Gasteiger partial charge is 0.263 e. The molecule has 144 valence electrons. The van der Waals surface area contributed by atoms with Gasteiger partial charge in [-0.15, -0.1) is 11.3 Å². The summed E-state index contributed by atoms with van der Waals surface area (Å²) in [4.78, 5) is 31.9. The normalized spacial score (nSPS) is 21.3. The highest BCUT2D eigenvalue weighted by atomic mass is 32.1. The van der Waals surface area contributed by atoms with Crippen LogP contribution >= 0.6 is 11.3 Å². The van der Waals surface area contributed by atoms with E-state index in [0.717, 1.165) is 44.5 Å². The molecule has 1 aliphatic heterocycles. The van der Waals surface area contributed by atoms with Gasteiger partial charge in [0, 0.05) is 25.2 Å². The molecule has 0 spiro atoms. The summed E-state index contributed by atoms with van der Waals surface area (Å²) >= 11 is 1.39. The van der Waals surface area contributed by atoms with Gasteiger partial charge >= 0.3 is 0 Å². The van der Waals surface area contributed by atoms with E-state index in [1.807, 2.05) is 13.8 Å². The zero-order valence-corrected chi connectivity index (χ0v) is 16.6. The molecule has 2 fully saturated rings. The lowest BCUT2D eigenvalue weighted by atomic mass is 9.95. The Kier molecular flexibility index (Phi) is 6.64. The fourth-order valence-corrected chi connectivity index (χ4v) is 4.64. The highest BCUT2D eigenvalue weighted by molar-refractivity contribution is 7.11. The van der Waals surface area contributed by atoms with E-state index in [-0.39, 0.29) is 23.9 Å². The first kappa shape index (κ1) is 19.3. The summed E-state index contributed by atoms with van der Waals surface area (Å²) in [6.45, 7) is 5.54. The summed E-state index contributed by atoms with van der Waals surface area (Å²) in [6, 6.07) is 0.435. The number of thiazole rings is 1. The monoisotopic (exact) mass is 378 g/mol. The van der Waals surface area contributed by atoms with Crippen LogP contribution in [0.15, 0.2) is 5.51 Å². The SMILES string of the molecule is Cc1ncsc1C(=O)NC1CCN([C@@H](C)C(=O)NC2CCCCC2)CC1. The summed E-state index contributed by atoms with van der Waals surface area (Å²) in [7, 11) is 0. The Hall–Kier alpha value is -1.47. The van der Waals surface area contributed by atoms with E-state index in [0.29, 0.717) is 10.9 Å². The number of hydrogen-bond donors (Lipinski definition) is 2. The van der Waals surface area contributed by atoms with Gasteiger partial charge in [0.25, 0.3) is 5.91 Å². The van der Waals surface area contributed by atoms with Gasteiger partial charge in [0.1, 0.15) is 4.88 Å². The maximum absolute atomic E-state index is 12.5. The Balaban J connectivity index is 1.43. The zero-order chi connectivity index (χ0) is 18.5. The third-order valence-electron chi connectivity index (χ3n) is 5.70. The van der Waals surface area contributed by atoms with Crippen LogP contribution in [0, 0.1) is 6.92 Å². The molecule has 1 aromatic heterocycles. The maximum atomic E-state index is 12.5. The van der Waals surface area contributed by atoms with Crippen LogP contribution in [0.25, 0.3) is 0 Å². The number of hydrogen-bond acceptors (Lipinski definition) is 5. The molecule has 0 bridgehead atoms. The standard InChI is InChI=1S/C19H30N4O2S/c1-13-17(26-12-20-13)19(25)22-16-8-10-23(11-9-16)14(2)18(24)21-15-6-4-3-5-7-15/h12,14-16H,3-11H2,1-2H3,(H,21,24)(H,22,25)/t14-/m0/s1. The van der Waals surface area contributed by atoms with Gasteiger partial charge in [0.2, 0.25) is 5.91 Å². The number of amides is 2. The first-order valence-corrected chi connectivity index (χ1v) is 10.7. The van der Waals surface area contributed by atoms with Crippen LogP contribution in [0.5, 0.6) is 0 Å². The van der Waals surface area contributed by atoms with Gasteiger partial charge in [-0.2, -0.15) is 0 Å². The quantitative estimate of drug-likeness (QED) is 0.825. The van der Waals surface area contributed by atoms with E-state index in [2.05, 4.69) is 20.5 Å². The minimum atomic E-state index is -0.0997. The van der Waals surface area contributed by atoms with Gasteiger partial charge in [-0.05, 0) is 39.5 Å². The summed E-state index contributed by atoms with van der Waals surface area (Å²) in [6.07, 6.45) is 7.73. The van der Waals surface area contributed by atoms with Gasteiger partial charge in [-0.1, -0.05) is 19.3 Å². The Bertz CT molecular complexity index is 619. The van der Waals surface area contributed by atoms with Crippen molar-refractivity contribution in [3.63, 3.8) is 0 Å². The minimum Gasteiger partial charge on any atom is -0.352 e. The van der Waals surface area contributed by atoms with Crippen LogP contribution in [0.1, 0.15) is 67.2 Å². The number of nitrogens with zero attached hydrogens (tertiary/aromatic N) is 2. The molecule has 0 unspecified atom stereocenters. The van der Waals surface area contributed by atoms with Crippen LogP contribution in [0.2, 0.25) is 0 Å². The number of likely N-dealkylation sites (tertiary alicyclic amines) is 1. The molecule has 26 heavy (non-hydrogen) atoms. The second-order valence-corrected chi connectivity index (χ2v) is 8.42. The van der Waals surface area contributed by atoms with Crippen molar-refractivity contribution in [3.05, 3.63) is 16.1 Å². The van der Waals surface area contributed by atoms with Crippen LogP contribution in [0.3, 0.4) is 0 Å². The first-order valence-electron chi connectivity index (χ1n) is 9.80. The highest BCUT2D eigenvalue weighted by Gasteiger charge is 2.29. The number of aryl methyl sites for hydroxylation is 1. The Morgan fingerprint density at radius 3 is 2.38 bits per heavy atom. The molecule has 3 rings (SSSR count). The molecular weight excluding hydrogens is 348 g/mol. The van der Waals surface area contributed by atoms with Gasteiger partial charge in [0.15, 0.2) is 0 Å². The molecule has 1 atom stereocenters. The topological polar surface area (TPSA) is 74.3 Å². The molecule has 2 heterocycles. The second kappa shape index (κ2) is 8.95. The Morgan fingerprint density at radius 1 is 1.12 bits per heavy atom. The molecule has 1 saturated carbocycles. The number of carbonyl (C=O) groups is 2. The lowest BCUT2D eigenvalue weighted by Gasteiger charge is -2.36. The van der Waals surface area contributed by atoms with Crippen molar-refractivity contribution < 1.29 is 9.59 Å². The molecule has 1 aromatic rings. The van der Waals surface area contributed by atoms with Crippen molar-refractivity contribution in [1.29, 1.82) is 0 Å². The average molecular weight is 379 g/mol. The number of aromatic nitrogens is 1. The summed E-state index contributed by atoms with van der Waals surface area (Å²) in [5.41, 5.74) is 2.50. The number of piperidine rings is 1. The Labute approximate surface area is 159 Å². The largest absolute Gasteiger partial charge is 0.352 e. The molecule has 0 radical (unpaired) electrons. The van der Waals surface area contributed by atoms with Crippen LogP contribution in [-0.4, -0.2) is 52.9 Å². The zero-order valence-electron chi connectivity index (χ0n) is 15.8. The second-order valence-electron chi connectivity index (χ2n) is 7.57. The first-order chi connectivity index (χ1) is 12.5. The molecule has 1 saturated heterocycles. The lowest BCUT2D eigenvalue weighted by Crippen LogP contribution is -2.53. The average Bonchev–Trinajstić information content (AvgIpc) is 3.08. The van der Waals surface area contributed by atoms with Gasteiger partial charge < -0.3 is 10.6 Å². The third kappa shape index (κ3) is 4.82. The van der Waals surface area contributed by atoms with E-state index in [1.165, 1.54) is 30.6 Å². The molecule has 0 aromatic carbocycles. The molecule has 2 aliphatic rings. The molecular formula is C19H30N4O2S. The van der Waals surface area contributed by atoms with Crippen LogP contribution < -0.4 is 10.6 Å². The van der Waals surface area contributed by atoms with E-state index < -0.39 is 0 Å². The summed E-state index contributed by atoms with van der Waals surface area (Å²) in [5.74, 6) is 0.131. The van der Waals surface area contributed by atoms with Gasteiger partial charge in [0.05, 0.1) is 17.2 Å². The summed E-state index contributed by atoms with van der Waals surface area (Å²) in [5, 5.41) is 6.35. The van der Waals surface area contributed by atoms with Crippen molar-refractivity contribution in [2.45, 2.75) is 76.9 Å². The van der Waals surface area contributed by atoms with Crippen molar-refractivity contribution in [3.8, 4) is 0 Å². The predicted molar refractivity (Wildman–Crippen MR) is 103 cm³/mol. The summed E-state index contributed by atoms with van der Waals surface area (Å²) < 4.78 is 0. The van der Waals surface area contributed by atoms with E-state index in [9.17, 15) is 9.59 Å². The van der Waals surface area contributed by atoms with E-state index in [4.69, 9.17) is 0 Å². The van der Waals surface area contributed by atoms with Crippen LogP contribution in [0.4, 0.5) is 0 Å². The molecule has 2 N–H and O–H groups in total. The van der Waals surface area contributed by atoms with Gasteiger partial charge in [-0.3, -0.25) is 14.5 Å². The molecule has 2 amide bonds. The third-order valence-corrected chi connectivity index (χ3v) is 6.62. The maximum Gasteiger partial charge on any atom is 0.263 e. The molecule has 7 heteroatoms. The fraction of sp³-hybridized carbons (Fsp3) is 0.737. The van der Waals surface area contributed by atoms with E-state index >= 15 is 0 Å². The van der Waals surface area contributed by atoms with Crippen molar-refractivity contribution in [2.24, 2.45) is 0 Å². The van der Waals surface area contributed by atoms with Crippen LogP contribution in [-0.2, 0) is 4.79 Å². The number of rotatable bonds is 5. The van der Waals surface area contributed by atoms with E-state index in [1.54, 1.807) is 5.51 Å². The minimum absolute atomic E-state index is 0.0217. The fourth-order valence-electron chi connectivity index (χ4n) is 3.94. The molecule has 6 nitrogen and oxygen atoms in total. The predicted octanol–water partition coefficient (Wildman–Crippen LogP) is 2.48. The van der Waals surface area contributed by atoms with Crippen molar-refractivity contribution >= 4 is 23.2 Å². The number of nitrogens with one attached hydrogen (secondary N) is 2. The van der Waals surface area contributed by atoms with Crippen molar-refractivity contribution in [1.82, 2.24) is 20.5 Å². The Morgan fingerprint density at radius 2 is 1.77 bits per heavy atom. The lowest BCUT2D eigenvalue weighted by molar-refractivity contribution is -0.127. The highest BCUT2D eigenvalue weighted by Crippen LogP contribution is 2.19. The van der Waals surface area contributed by atoms with Crippen molar-refractivity contribution in [2.75, 3.05) is 13.1 Å².